The molecule has 0 aliphatic rings. The molecule has 1 unspecified atom stereocenters. The van der Waals surface area contributed by atoms with Gasteiger partial charge in [-0.1, -0.05) is 51.1 Å². The quantitative estimate of drug-likeness (QED) is 0.835. The van der Waals surface area contributed by atoms with E-state index in [0.717, 1.165) is 19.3 Å². The Balaban J connectivity index is 1.87. The second kappa shape index (κ2) is 7.19. The van der Waals surface area contributed by atoms with Gasteiger partial charge in [-0.05, 0) is 31.9 Å². The van der Waals surface area contributed by atoms with Crippen LogP contribution in [0.5, 0.6) is 0 Å². The first kappa shape index (κ1) is 16.2. The van der Waals surface area contributed by atoms with Crippen molar-refractivity contribution >= 4 is 11.3 Å². The van der Waals surface area contributed by atoms with Crippen LogP contribution in [0.1, 0.15) is 55.9 Å². The minimum atomic E-state index is 0.159. The van der Waals surface area contributed by atoms with Crippen LogP contribution in [0.25, 0.3) is 0 Å². The van der Waals surface area contributed by atoms with Crippen molar-refractivity contribution in [2.45, 2.75) is 51.5 Å². The number of nitrogens with zero attached hydrogens (tertiary/aromatic N) is 1. The Morgan fingerprint density at radius 1 is 1.19 bits per heavy atom. The average molecular weight is 302 g/mol. The van der Waals surface area contributed by atoms with Crippen molar-refractivity contribution in [3.05, 3.63) is 52.0 Å². The van der Waals surface area contributed by atoms with E-state index in [-0.39, 0.29) is 5.41 Å². The van der Waals surface area contributed by atoms with Crippen molar-refractivity contribution in [2.75, 3.05) is 7.05 Å². The molecule has 1 N–H and O–H groups in total. The predicted molar refractivity (Wildman–Crippen MR) is 92.0 cm³/mol. The van der Waals surface area contributed by atoms with E-state index in [2.05, 4.69) is 61.8 Å². The molecule has 0 aliphatic heterocycles. The van der Waals surface area contributed by atoms with Crippen molar-refractivity contribution in [1.82, 2.24) is 10.3 Å². The average Bonchev–Trinajstić information content (AvgIpc) is 2.93. The smallest absolute Gasteiger partial charge is 0.0928 e. The lowest BCUT2D eigenvalue weighted by atomic mass is 9.93. The highest BCUT2D eigenvalue weighted by Gasteiger charge is 2.17. The summed E-state index contributed by atoms with van der Waals surface area (Å²) in [6.45, 7) is 6.66. The molecule has 0 amide bonds. The second-order valence-electron chi connectivity index (χ2n) is 6.52. The van der Waals surface area contributed by atoms with E-state index in [1.54, 1.807) is 11.3 Å². The molecule has 2 rings (SSSR count). The van der Waals surface area contributed by atoms with Crippen molar-refractivity contribution in [3.8, 4) is 0 Å². The van der Waals surface area contributed by atoms with E-state index < -0.39 is 0 Å². The maximum atomic E-state index is 4.78. The first-order valence-corrected chi connectivity index (χ1v) is 8.56. The fraction of sp³-hybridized carbons (Fsp3) is 0.500. The number of aryl methyl sites for hydroxylation is 1. The molecule has 0 aliphatic carbocycles. The maximum absolute atomic E-state index is 4.78. The van der Waals surface area contributed by atoms with E-state index in [0.29, 0.717) is 6.04 Å². The van der Waals surface area contributed by atoms with Gasteiger partial charge in [0.15, 0.2) is 0 Å². The number of rotatable bonds is 6. The SMILES string of the molecule is CNC(CCCc1nc(C(C)(C)C)cs1)c1ccccc1. The highest BCUT2D eigenvalue weighted by atomic mass is 32.1. The molecule has 0 saturated heterocycles. The summed E-state index contributed by atoms with van der Waals surface area (Å²) in [5.74, 6) is 0. The third kappa shape index (κ3) is 4.65. The third-order valence-electron chi connectivity index (χ3n) is 3.75. The van der Waals surface area contributed by atoms with Crippen molar-refractivity contribution in [1.29, 1.82) is 0 Å². The van der Waals surface area contributed by atoms with Gasteiger partial charge in [-0.3, -0.25) is 0 Å². The molecule has 1 atom stereocenters. The van der Waals surface area contributed by atoms with Crippen LogP contribution in [0.4, 0.5) is 0 Å². The largest absolute Gasteiger partial charge is 0.313 e. The van der Waals surface area contributed by atoms with E-state index >= 15 is 0 Å². The summed E-state index contributed by atoms with van der Waals surface area (Å²) in [5, 5.41) is 6.89. The van der Waals surface area contributed by atoms with Crippen LogP contribution >= 0.6 is 11.3 Å². The molecule has 21 heavy (non-hydrogen) atoms. The maximum Gasteiger partial charge on any atom is 0.0928 e. The zero-order valence-electron chi connectivity index (χ0n) is 13.5. The Bertz CT molecular complexity index is 540. The molecule has 1 aromatic carbocycles. The number of thiazole rings is 1. The molecule has 114 valence electrons. The Kier molecular flexibility index (Phi) is 5.54. The van der Waals surface area contributed by atoms with E-state index in [1.165, 1.54) is 16.3 Å². The molecule has 0 spiro atoms. The van der Waals surface area contributed by atoms with Crippen molar-refractivity contribution in [2.24, 2.45) is 0 Å². The lowest BCUT2D eigenvalue weighted by Crippen LogP contribution is -2.16. The standard InChI is InChI=1S/C18H26N2S/c1-18(2,3)16-13-21-17(20-16)12-8-11-15(19-4)14-9-6-5-7-10-14/h5-7,9-10,13,15,19H,8,11-12H2,1-4H3. The van der Waals surface area contributed by atoms with E-state index in [1.807, 2.05) is 7.05 Å². The van der Waals surface area contributed by atoms with Crippen molar-refractivity contribution in [3.63, 3.8) is 0 Å². The van der Waals surface area contributed by atoms with Crippen LogP contribution in [0.2, 0.25) is 0 Å². The number of hydrogen-bond donors (Lipinski definition) is 1. The molecule has 2 nitrogen and oxygen atoms in total. The van der Waals surface area contributed by atoms with Crippen LogP contribution in [-0.2, 0) is 11.8 Å². The fourth-order valence-corrected chi connectivity index (χ4v) is 3.46. The van der Waals surface area contributed by atoms with Gasteiger partial charge in [0.1, 0.15) is 0 Å². The number of hydrogen-bond acceptors (Lipinski definition) is 3. The minimum Gasteiger partial charge on any atom is -0.313 e. The molecule has 0 bridgehead atoms. The first-order chi connectivity index (χ1) is 10.0. The van der Waals surface area contributed by atoms with E-state index in [9.17, 15) is 0 Å². The van der Waals surface area contributed by atoms with Gasteiger partial charge in [0.2, 0.25) is 0 Å². The monoisotopic (exact) mass is 302 g/mol. The summed E-state index contributed by atoms with van der Waals surface area (Å²) >= 11 is 1.80. The zero-order chi connectivity index (χ0) is 15.3. The Hall–Kier alpha value is -1.19. The van der Waals surface area contributed by atoms with Gasteiger partial charge >= 0.3 is 0 Å². The summed E-state index contributed by atoms with van der Waals surface area (Å²) in [5.41, 5.74) is 2.75. The molecule has 3 heteroatoms. The molecule has 1 aromatic heterocycles. The fourth-order valence-electron chi connectivity index (χ4n) is 2.39. The lowest BCUT2D eigenvalue weighted by molar-refractivity contribution is 0.525. The van der Waals surface area contributed by atoms with Gasteiger partial charge in [0.25, 0.3) is 0 Å². The first-order valence-electron chi connectivity index (χ1n) is 7.68. The summed E-state index contributed by atoms with van der Waals surface area (Å²) in [7, 11) is 2.04. The number of nitrogens with one attached hydrogen (secondary N) is 1. The highest BCUT2D eigenvalue weighted by Crippen LogP contribution is 2.25. The molecule has 0 saturated carbocycles. The van der Waals surface area contributed by atoms with Crippen LogP contribution in [0.3, 0.4) is 0 Å². The lowest BCUT2D eigenvalue weighted by Gasteiger charge is -2.16. The van der Waals surface area contributed by atoms with Gasteiger partial charge in [-0.15, -0.1) is 11.3 Å². The molecular formula is C18H26N2S. The second-order valence-corrected chi connectivity index (χ2v) is 7.46. The number of aromatic nitrogens is 1. The molecule has 0 radical (unpaired) electrons. The Morgan fingerprint density at radius 2 is 1.90 bits per heavy atom. The normalized spacial score (nSPS) is 13.3. The topological polar surface area (TPSA) is 24.9 Å². The molecule has 0 fully saturated rings. The van der Waals surface area contributed by atoms with Crippen LogP contribution < -0.4 is 5.32 Å². The zero-order valence-corrected chi connectivity index (χ0v) is 14.3. The predicted octanol–water partition coefficient (Wildman–Crippen LogP) is 4.72. The minimum absolute atomic E-state index is 0.159. The summed E-state index contributed by atoms with van der Waals surface area (Å²) in [6.07, 6.45) is 3.38. The van der Waals surface area contributed by atoms with Gasteiger partial charge in [0, 0.05) is 16.8 Å². The molecular weight excluding hydrogens is 276 g/mol. The Morgan fingerprint density at radius 3 is 2.48 bits per heavy atom. The van der Waals surface area contributed by atoms with Gasteiger partial charge in [0.05, 0.1) is 10.7 Å². The van der Waals surface area contributed by atoms with Gasteiger partial charge in [-0.2, -0.15) is 0 Å². The van der Waals surface area contributed by atoms with Gasteiger partial charge in [-0.25, -0.2) is 4.98 Å². The molecule has 2 aromatic rings. The summed E-state index contributed by atoms with van der Waals surface area (Å²) in [4.78, 5) is 4.78. The molecule has 1 heterocycles. The van der Waals surface area contributed by atoms with Gasteiger partial charge < -0.3 is 5.32 Å². The number of benzene rings is 1. The van der Waals surface area contributed by atoms with Crippen molar-refractivity contribution < 1.29 is 0 Å². The Labute approximate surface area is 132 Å². The van der Waals surface area contributed by atoms with Crippen LogP contribution in [-0.4, -0.2) is 12.0 Å². The van der Waals surface area contributed by atoms with Crippen LogP contribution in [0.15, 0.2) is 35.7 Å². The van der Waals surface area contributed by atoms with Crippen LogP contribution in [0, 0.1) is 0 Å². The summed E-state index contributed by atoms with van der Waals surface area (Å²) in [6, 6.07) is 11.1. The van der Waals surface area contributed by atoms with E-state index in [4.69, 9.17) is 4.98 Å². The summed E-state index contributed by atoms with van der Waals surface area (Å²) < 4.78 is 0. The third-order valence-corrected chi connectivity index (χ3v) is 4.66. The highest BCUT2D eigenvalue weighted by molar-refractivity contribution is 7.09.